The molecular formula is C29H32B2O5. The fourth-order valence-electron chi connectivity index (χ4n) is 4.74. The number of ketones is 1. The topological polar surface area (TPSA) is 69.7 Å². The minimum absolute atomic E-state index is 0.0470. The van der Waals surface area contributed by atoms with E-state index in [4.69, 9.17) is 25.2 Å². The van der Waals surface area contributed by atoms with E-state index in [9.17, 15) is 14.4 Å². The van der Waals surface area contributed by atoms with Crippen molar-refractivity contribution in [3.8, 4) is 0 Å². The fraction of sp³-hybridized carbons (Fsp3) is 0.414. The number of ether oxygens (including phenoxy) is 2. The van der Waals surface area contributed by atoms with Crippen molar-refractivity contribution >= 4 is 33.4 Å². The van der Waals surface area contributed by atoms with Crippen LogP contribution in [0.25, 0.3) is 0 Å². The van der Waals surface area contributed by atoms with Crippen LogP contribution in [0.1, 0.15) is 60.2 Å². The van der Waals surface area contributed by atoms with E-state index < -0.39 is 12.1 Å². The minimum Gasteiger partial charge on any atom is -0.455 e. The summed E-state index contributed by atoms with van der Waals surface area (Å²) in [6.45, 7) is 8.07. The molecule has 0 bridgehead atoms. The molecule has 6 unspecified atom stereocenters. The number of esters is 2. The van der Waals surface area contributed by atoms with Crippen LogP contribution in [-0.2, 0) is 14.3 Å². The molecule has 2 fully saturated rings. The van der Waals surface area contributed by atoms with E-state index in [1.165, 1.54) is 0 Å². The molecule has 2 saturated carbocycles. The molecule has 2 aromatic rings. The van der Waals surface area contributed by atoms with Gasteiger partial charge >= 0.3 is 11.9 Å². The van der Waals surface area contributed by atoms with Gasteiger partial charge < -0.3 is 9.47 Å². The van der Waals surface area contributed by atoms with Crippen LogP contribution < -0.4 is 0 Å². The lowest BCUT2D eigenvalue weighted by atomic mass is 9.83. The first kappa shape index (κ1) is 27.5. The van der Waals surface area contributed by atoms with Crippen molar-refractivity contribution in [2.24, 2.45) is 11.8 Å². The van der Waals surface area contributed by atoms with Gasteiger partial charge in [0.15, 0.2) is 11.9 Å². The zero-order chi connectivity index (χ0) is 26.2. The van der Waals surface area contributed by atoms with Crippen molar-refractivity contribution in [2.75, 3.05) is 0 Å². The van der Waals surface area contributed by atoms with Crippen molar-refractivity contribution in [1.82, 2.24) is 0 Å². The second kappa shape index (κ2) is 12.8. The standard InChI is InChI=1S/C15H17BO2.C14H15BO3/c1-3-11-9-13(16)14(10(11)2)18-15(17)12-7-5-4-6-8-12;1-2-9-8-11(15)13(12(9)16)18-14(17)10-6-4-3-5-7-10/h4-8,11,13-14H,2-3,9H2,1H3;3-7,9,11,13H,2,8H2,1H3. The summed E-state index contributed by atoms with van der Waals surface area (Å²) in [5, 5.41) is 0. The third kappa shape index (κ3) is 6.57. The number of benzene rings is 2. The fourth-order valence-corrected chi connectivity index (χ4v) is 4.74. The second-order valence-corrected chi connectivity index (χ2v) is 9.37. The molecule has 4 radical (unpaired) electrons. The zero-order valence-corrected chi connectivity index (χ0v) is 21.0. The highest BCUT2D eigenvalue weighted by Crippen LogP contribution is 2.41. The van der Waals surface area contributed by atoms with Gasteiger partial charge in [-0.3, -0.25) is 4.79 Å². The van der Waals surface area contributed by atoms with Gasteiger partial charge in [-0.1, -0.05) is 56.8 Å². The van der Waals surface area contributed by atoms with E-state index in [-0.39, 0.29) is 35.4 Å². The van der Waals surface area contributed by atoms with Gasteiger partial charge in [0.1, 0.15) is 6.10 Å². The molecule has 0 saturated heterocycles. The molecule has 7 heteroatoms. The maximum Gasteiger partial charge on any atom is 0.338 e. The van der Waals surface area contributed by atoms with Crippen LogP contribution in [0.3, 0.4) is 0 Å². The first-order valence-electron chi connectivity index (χ1n) is 12.5. The Labute approximate surface area is 216 Å². The number of hydrogen-bond donors (Lipinski definition) is 0. The van der Waals surface area contributed by atoms with E-state index in [1.54, 1.807) is 36.4 Å². The number of carbonyl (C=O) groups excluding carboxylic acids is 3. The lowest BCUT2D eigenvalue weighted by Crippen LogP contribution is -2.27. The highest BCUT2D eigenvalue weighted by molar-refractivity contribution is 6.16. The Hall–Kier alpha value is -3.08. The van der Waals surface area contributed by atoms with Crippen LogP contribution in [0.4, 0.5) is 0 Å². The average Bonchev–Trinajstić information content (AvgIpc) is 3.34. The summed E-state index contributed by atoms with van der Waals surface area (Å²) in [5.41, 5.74) is 1.95. The Morgan fingerprint density at radius 1 is 0.778 bits per heavy atom. The SMILES string of the molecule is [B]C1CC(CC)C(=C)C1OC(=O)c1ccccc1.[B]C1CC(CC)C(=O)C1OC(=O)c1ccccc1. The highest BCUT2D eigenvalue weighted by atomic mass is 16.6. The molecule has 4 rings (SSSR count). The predicted molar refractivity (Wildman–Crippen MR) is 141 cm³/mol. The quantitative estimate of drug-likeness (QED) is 0.317. The van der Waals surface area contributed by atoms with Crippen LogP contribution in [0.15, 0.2) is 72.8 Å². The van der Waals surface area contributed by atoms with Crippen molar-refractivity contribution in [3.63, 3.8) is 0 Å². The first-order chi connectivity index (χ1) is 17.3. The van der Waals surface area contributed by atoms with E-state index in [0.29, 0.717) is 23.5 Å². The summed E-state index contributed by atoms with van der Waals surface area (Å²) in [6, 6.07) is 17.6. The lowest BCUT2D eigenvalue weighted by molar-refractivity contribution is -0.128. The maximum atomic E-state index is 12.0. The van der Waals surface area contributed by atoms with Crippen molar-refractivity contribution in [1.29, 1.82) is 0 Å². The molecule has 2 aromatic carbocycles. The van der Waals surface area contributed by atoms with Gasteiger partial charge in [0, 0.05) is 5.92 Å². The van der Waals surface area contributed by atoms with Gasteiger partial charge in [-0.2, -0.15) is 0 Å². The summed E-state index contributed by atoms with van der Waals surface area (Å²) in [7, 11) is 11.9. The van der Waals surface area contributed by atoms with Crippen LogP contribution in [0.5, 0.6) is 0 Å². The number of hydrogen-bond acceptors (Lipinski definition) is 5. The largest absolute Gasteiger partial charge is 0.455 e. The van der Waals surface area contributed by atoms with Gasteiger partial charge in [0.25, 0.3) is 0 Å². The van der Waals surface area contributed by atoms with Crippen LogP contribution >= 0.6 is 0 Å². The first-order valence-corrected chi connectivity index (χ1v) is 12.5. The molecule has 5 nitrogen and oxygen atoms in total. The maximum absolute atomic E-state index is 12.0. The van der Waals surface area contributed by atoms with Crippen LogP contribution in [0.2, 0.25) is 11.6 Å². The monoisotopic (exact) mass is 482 g/mol. The van der Waals surface area contributed by atoms with E-state index in [0.717, 1.165) is 24.8 Å². The summed E-state index contributed by atoms with van der Waals surface area (Å²) < 4.78 is 10.7. The molecule has 0 heterocycles. The van der Waals surface area contributed by atoms with E-state index in [2.05, 4.69) is 13.5 Å². The molecule has 0 amide bonds. The Balaban J connectivity index is 0.000000201. The average molecular weight is 482 g/mol. The highest BCUT2D eigenvalue weighted by Gasteiger charge is 2.41. The Bertz CT molecular complexity index is 970. The van der Waals surface area contributed by atoms with Crippen molar-refractivity contribution in [3.05, 3.63) is 83.9 Å². The summed E-state index contributed by atoms with van der Waals surface area (Å²) in [6.07, 6.45) is 2.05. The van der Waals surface area contributed by atoms with E-state index >= 15 is 0 Å². The molecule has 2 aliphatic carbocycles. The number of Topliss-reactive ketones (excluding diaryl/α,β-unsaturated/α-hetero) is 1. The summed E-state index contributed by atoms with van der Waals surface area (Å²) in [5.74, 6) is -1.07. The molecule has 0 aromatic heterocycles. The third-order valence-corrected chi connectivity index (χ3v) is 6.94. The van der Waals surface area contributed by atoms with Crippen molar-refractivity contribution < 1.29 is 23.9 Å². The lowest BCUT2D eigenvalue weighted by Gasteiger charge is -2.18. The number of carbonyl (C=O) groups is 3. The molecule has 2 aliphatic rings. The third-order valence-electron chi connectivity index (χ3n) is 6.94. The van der Waals surface area contributed by atoms with Gasteiger partial charge in [0.2, 0.25) is 0 Å². The molecular weight excluding hydrogens is 450 g/mol. The van der Waals surface area contributed by atoms with Crippen LogP contribution in [0, 0.1) is 11.8 Å². The Morgan fingerprint density at radius 2 is 1.19 bits per heavy atom. The van der Waals surface area contributed by atoms with Gasteiger partial charge in [-0.15, -0.1) is 0 Å². The molecule has 6 atom stereocenters. The minimum atomic E-state index is -0.789. The zero-order valence-electron chi connectivity index (χ0n) is 21.0. The Morgan fingerprint density at radius 3 is 1.61 bits per heavy atom. The van der Waals surface area contributed by atoms with Gasteiger partial charge in [-0.05, 0) is 73.1 Å². The summed E-state index contributed by atoms with van der Waals surface area (Å²) in [4.78, 5) is 35.8. The molecule has 36 heavy (non-hydrogen) atoms. The molecule has 0 N–H and O–H groups in total. The summed E-state index contributed by atoms with van der Waals surface area (Å²) >= 11 is 0. The molecule has 0 spiro atoms. The molecule has 0 aliphatic heterocycles. The van der Waals surface area contributed by atoms with Gasteiger partial charge in [0.05, 0.1) is 26.8 Å². The molecule has 184 valence electrons. The smallest absolute Gasteiger partial charge is 0.338 e. The van der Waals surface area contributed by atoms with Crippen LogP contribution in [-0.4, -0.2) is 45.6 Å². The van der Waals surface area contributed by atoms with Crippen molar-refractivity contribution in [2.45, 2.75) is 63.4 Å². The normalized spacial score (nSPS) is 27.2. The number of rotatable bonds is 6. The van der Waals surface area contributed by atoms with Gasteiger partial charge in [-0.25, -0.2) is 9.59 Å². The predicted octanol–water partition coefficient (Wildman–Crippen LogP) is 5.32. The Kier molecular flexibility index (Phi) is 9.74. The van der Waals surface area contributed by atoms with E-state index in [1.807, 2.05) is 31.2 Å². The second-order valence-electron chi connectivity index (χ2n) is 9.37.